The van der Waals surface area contributed by atoms with Crippen molar-refractivity contribution < 1.29 is 10.2 Å². The maximum Gasteiger partial charge on any atom is 0.0897 e. The van der Waals surface area contributed by atoms with Crippen molar-refractivity contribution in [1.29, 1.82) is 0 Å². The molecule has 0 saturated carbocycles. The minimum atomic E-state index is -0.627. The van der Waals surface area contributed by atoms with Crippen molar-refractivity contribution in [3.05, 3.63) is 0 Å². The van der Waals surface area contributed by atoms with Gasteiger partial charge in [0.1, 0.15) is 0 Å². The molecule has 0 saturated heterocycles. The summed E-state index contributed by atoms with van der Waals surface area (Å²) in [5.74, 6) is 0. The first-order valence-corrected chi connectivity index (χ1v) is 3.88. The maximum absolute atomic E-state index is 9.00. The molecule has 4 heteroatoms. The van der Waals surface area contributed by atoms with Gasteiger partial charge in [0, 0.05) is 6.54 Å². The molecule has 0 rings (SSSR count). The fourth-order valence-corrected chi connectivity index (χ4v) is 0.870. The third-order valence-corrected chi connectivity index (χ3v) is 1.48. The zero-order valence-corrected chi connectivity index (χ0v) is 7.03. The van der Waals surface area contributed by atoms with Crippen molar-refractivity contribution in [2.45, 2.75) is 12.5 Å². The highest BCUT2D eigenvalue weighted by atomic mass is 16.3. The molecule has 0 aromatic heterocycles. The second-order valence-electron chi connectivity index (χ2n) is 2.74. The Labute approximate surface area is 67.6 Å². The lowest BCUT2D eigenvalue weighted by molar-refractivity contribution is 0.0665. The number of aliphatic hydroxyl groups is 2. The quantitative estimate of drug-likeness (QED) is 0.450. The lowest BCUT2D eigenvalue weighted by Gasteiger charge is -2.18. The SMILES string of the molecule is CN(CCCN)CC(O)CO. The second-order valence-corrected chi connectivity index (χ2v) is 2.74. The molecule has 0 aliphatic heterocycles. The maximum atomic E-state index is 9.00. The van der Waals surface area contributed by atoms with Crippen LogP contribution in [0.1, 0.15) is 6.42 Å². The summed E-state index contributed by atoms with van der Waals surface area (Å²) in [5.41, 5.74) is 5.30. The van der Waals surface area contributed by atoms with Gasteiger partial charge in [-0.05, 0) is 26.6 Å². The number of likely N-dealkylation sites (N-methyl/N-ethyl adjacent to an activating group) is 1. The van der Waals surface area contributed by atoms with Crippen LogP contribution in [0.5, 0.6) is 0 Å². The lowest BCUT2D eigenvalue weighted by atomic mass is 10.3. The number of rotatable bonds is 6. The average Bonchev–Trinajstić information content (AvgIpc) is 2.00. The summed E-state index contributed by atoms with van der Waals surface area (Å²) in [6.45, 7) is 1.87. The Kier molecular flexibility index (Phi) is 6.45. The minimum Gasteiger partial charge on any atom is -0.394 e. The van der Waals surface area contributed by atoms with Gasteiger partial charge in [-0.2, -0.15) is 0 Å². The van der Waals surface area contributed by atoms with Gasteiger partial charge in [-0.25, -0.2) is 0 Å². The van der Waals surface area contributed by atoms with Crippen molar-refractivity contribution in [2.75, 3.05) is 33.3 Å². The summed E-state index contributed by atoms with van der Waals surface area (Å²) in [7, 11) is 1.90. The van der Waals surface area contributed by atoms with Gasteiger partial charge in [-0.15, -0.1) is 0 Å². The van der Waals surface area contributed by atoms with Crippen LogP contribution in [0.2, 0.25) is 0 Å². The molecule has 0 fully saturated rings. The molecule has 0 radical (unpaired) electrons. The topological polar surface area (TPSA) is 69.7 Å². The van der Waals surface area contributed by atoms with Gasteiger partial charge in [-0.3, -0.25) is 0 Å². The summed E-state index contributed by atoms with van der Waals surface area (Å²) < 4.78 is 0. The first kappa shape index (κ1) is 10.8. The molecular weight excluding hydrogens is 144 g/mol. The molecule has 0 amide bonds. The minimum absolute atomic E-state index is 0.174. The molecule has 4 nitrogen and oxygen atoms in total. The van der Waals surface area contributed by atoms with E-state index in [1.807, 2.05) is 11.9 Å². The van der Waals surface area contributed by atoms with Crippen LogP contribution in [-0.4, -0.2) is 54.5 Å². The van der Waals surface area contributed by atoms with E-state index in [-0.39, 0.29) is 6.61 Å². The Bertz CT molecular complexity index is 90.5. The zero-order chi connectivity index (χ0) is 8.69. The molecule has 11 heavy (non-hydrogen) atoms. The van der Waals surface area contributed by atoms with Crippen molar-refractivity contribution in [3.8, 4) is 0 Å². The fraction of sp³-hybridized carbons (Fsp3) is 1.00. The number of hydrogen-bond acceptors (Lipinski definition) is 4. The number of aliphatic hydroxyl groups excluding tert-OH is 2. The molecule has 0 bridgehead atoms. The third kappa shape index (κ3) is 6.25. The molecule has 0 aromatic rings. The largest absolute Gasteiger partial charge is 0.394 e. The monoisotopic (exact) mass is 162 g/mol. The van der Waals surface area contributed by atoms with Crippen LogP contribution in [0.3, 0.4) is 0 Å². The van der Waals surface area contributed by atoms with Crippen LogP contribution >= 0.6 is 0 Å². The van der Waals surface area contributed by atoms with Crippen LogP contribution in [-0.2, 0) is 0 Å². The summed E-state index contributed by atoms with van der Waals surface area (Å²) in [6.07, 6.45) is 0.298. The third-order valence-electron chi connectivity index (χ3n) is 1.48. The molecular formula is C7H18N2O2. The highest BCUT2D eigenvalue weighted by molar-refractivity contribution is 4.59. The zero-order valence-electron chi connectivity index (χ0n) is 7.03. The molecule has 0 heterocycles. The van der Waals surface area contributed by atoms with Gasteiger partial charge in [0.05, 0.1) is 12.7 Å². The van der Waals surface area contributed by atoms with E-state index in [1.165, 1.54) is 0 Å². The lowest BCUT2D eigenvalue weighted by Crippen LogP contribution is -2.32. The highest BCUT2D eigenvalue weighted by Crippen LogP contribution is 1.89. The van der Waals surface area contributed by atoms with Gasteiger partial charge >= 0.3 is 0 Å². The second kappa shape index (κ2) is 6.54. The molecule has 1 unspecified atom stereocenters. The molecule has 0 aliphatic rings. The Morgan fingerprint density at radius 3 is 2.64 bits per heavy atom. The van der Waals surface area contributed by atoms with E-state index in [0.717, 1.165) is 13.0 Å². The van der Waals surface area contributed by atoms with Crippen LogP contribution in [0, 0.1) is 0 Å². The molecule has 1 atom stereocenters. The summed E-state index contributed by atoms with van der Waals surface area (Å²) >= 11 is 0. The smallest absolute Gasteiger partial charge is 0.0897 e. The predicted molar refractivity (Wildman–Crippen MR) is 44.3 cm³/mol. The van der Waals surface area contributed by atoms with Gasteiger partial charge < -0.3 is 20.8 Å². The molecule has 0 aliphatic carbocycles. The Morgan fingerprint density at radius 1 is 1.55 bits per heavy atom. The highest BCUT2D eigenvalue weighted by Gasteiger charge is 2.04. The van der Waals surface area contributed by atoms with E-state index >= 15 is 0 Å². The fourth-order valence-electron chi connectivity index (χ4n) is 0.870. The van der Waals surface area contributed by atoms with E-state index in [2.05, 4.69) is 0 Å². The van der Waals surface area contributed by atoms with E-state index in [9.17, 15) is 0 Å². The summed E-state index contributed by atoms with van der Waals surface area (Å²) in [6, 6.07) is 0. The average molecular weight is 162 g/mol. The van der Waals surface area contributed by atoms with Gasteiger partial charge in [0.2, 0.25) is 0 Å². The van der Waals surface area contributed by atoms with E-state index in [1.54, 1.807) is 0 Å². The van der Waals surface area contributed by atoms with Crippen molar-refractivity contribution in [3.63, 3.8) is 0 Å². The number of nitrogens with zero attached hydrogens (tertiary/aromatic N) is 1. The predicted octanol–water partition coefficient (Wildman–Crippen LogP) is -1.38. The van der Waals surface area contributed by atoms with Crippen LogP contribution in [0.25, 0.3) is 0 Å². The molecule has 0 spiro atoms. The number of nitrogens with two attached hydrogens (primary N) is 1. The Morgan fingerprint density at radius 2 is 2.18 bits per heavy atom. The van der Waals surface area contributed by atoms with Crippen molar-refractivity contribution in [2.24, 2.45) is 5.73 Å². The molecule has 68 valence electrons. The Balaban J connectivity index is 3.27. The summed E-state index contributed by atoms with van der Waals surface area (Å²) in [5, 5.41) is 17.5. The first-order valence-electron chi connectivity index (χ1n) is 3.88. The summed E-state index contributed by atoms with van der Waals surface area (Å²) in [4.78, 5) is 1.95. The van der Waals surface area contributed by atoms with Crippen LogP contribution in [0.15, 0.2) is 0 Å². The Hall–Kier alpha value is -0.160. The first-order chi connectivity index (χ1) is 5.20. The molecule has 0 aromatic carbocycles. The van der Waals surface area contributed by atoms with E-state index in [4.69, 9.17) is 15.9 Å². The van der Waals surface area contributed by atoms with Gasteiger partial charge in [0.25, 0.3) is 0 Å². The van der Waals surface area contributed by atoms with Crippen LogP contribution < -0.4 is 5.73 Å². The van der Waals surface area contributed by atoms with Crippen LogP contribution in [0.4, 0.5) is 0 Å². The standard InChI is InChI=1S/C7H18N2O2/c1-9(4-2-3-8)5-7(11)6-10/h7,10-11H,2-6,8H2,1H3. The van der Waals surface area contributed by atoms with E-state index < -0.39 is 6.10 Å². The number of hydrogen-bond donors (Lipinski definition) is 3. The van der Waals surface area contributed by atoms with Gasteiger partial charge in [0.15, 0.2) is 0 Å². The van der Waals surface area contributed by atoms with Gasteiger partial charge in [-0.1, -0.05) is 0 Å². The van der Waals surface area contributed by atoms with Crippen molar-refractivity contribution in [1.82, 2.24) is 4.90 Å². The molecule has 4 N–H and O–H groups in total. The van der Waals surface area contributed by atoms with Crippen molar-refractivity contribution >= 4 is 0 Å². The normalized spacial score (nSPS) is 13.9. The van der Waals surface area contributed by atoms with E-state index in [0.29, 0.717) is 13.1 Å².